The summed E-state index contributed by atoms with van der Waals surface area (Å²) in [6.07, 6.45) is -0.651. The molecular weight excluding hydrogens is 523 g/mol. The molecule has 1 amide bonds. The number of hydrogen-bond donors (Lipinski definition) is 1. The third kappa shape index (κ3) is 6.07. The van der Waals surface area contributed by atoms with Crippen molar-refractivity contribution in [1.29, 1.82) is 0 Å². The maximum atomic E-state index is 13.7. The number of hydrogen-bond acceptors (Lipinski definition) is 6. The Balaban J connectivity index is 1.37. The molecule has 1 N–H and O–H groups in total. The Bertz CT molecular complexity index is 1520. The van der Waals surface area contributed by atoms with Gasteiger partial charge in [0.15, 0.2) is 0 Å². The summed E-state index contributed by atoms with van der Waals surface area (Å²) < 4.78 is 49.7. The number of anilines is 1. The lowest BCUT2D eigenvalue weighted by atomic mass is 10.0. The van der Waals surface area contributed by atoms with Crippen LogP contribution < -0.4 is 5.32 Å². The molecule has 2 aromatic heterocycles. The second-order valence-electron chi connectivity index (χ2n) is 9.89. The molecule has 12 heteroatoms. The van der Waals surface area contributed by atoms with Gasteiger partial charge in [-0.3, -0.25) is 14.4 Å². The van der Waals surface area contributed by atoms with Gasteiger partial charge < -0.3 is 10.1 Å². The van der Waals surface area contributed by atoms with E-state index in [-0.39, 0.29) is 11.3 Å². The topological polar surface area (TPSA) is 90.1 Å². The number of nitrogens with one attached hydrogen (secondary N) is 1. The second-order valence-corrected chi connectivity index (χ2v) is 9.89. The van der Waals surface area contributed by atoms with Crippen LogP contribution in [0.15, 0.2) is 48.8 Å². The molecule has 2 aromatic carbocycles. The smallest absolute Gasteiger partial charge is 0.379 e. The van der Waals surface area contributed by atoms with Gasteiger partial charge in [0.1, 0.15) is 5.69 Å². The lowest BCUT2D eigenvalue weighted by Crippen LogP contribution is -2.37. The largest absolute Gasteiger partial charge is 0.416 e. The molecule has 0 unspecified atom stereocenters. The average molecular weight is 554 g/mol. The molecule has 210 valence electrons. The first-order valence-electron chi connectivity index (χ1n) is 12.9. The van der Waals surface area contributed by atoms with Crippen LogP contribution in [0.5, 0.6) is 0 Å². The first kappa shape index (κ1) is 27.5. The van der Waals surface area contributed by atoms with E-state index in [9.17, 15) is 18.0 Å². The van der Waals surface area contributed by atoms with Crippen molar-refractivity contribution >= 4 is 11.6 Å². The SMILES string of the molecule is Cc1ccc(C(=O)Nc2cc(CCN3CCOCC3)cc(C(F)(F)F)c2)cc1-n1cc(-c2cnn(C)c2C)nn1. The van der Waals surface area contributed by atoms with E-state index in [4.69, 9.17) is 4.74 Å². The van der Waals surface area contributed by atoms with E-state index in [0.29, 0.717) is 43.1 Å². The third-order valence-corrected chi connectivity index (χ3v) is 7.12. The fourth-order valence-electron chi connectivity index (χ4n) is 4.64. The van der Waals surface area contributed by atoms with E-state index in [1.807, 2.05) is 20.9 Å². The van der Waals surface area contributed by atoms with E-state index >= 15 is 0 Å². The standard InChI is InChI=1S/C28H30F3N7O2/c1-18-4-5-21(14-26(18)38-17-25(34-35-38)24-16-32-36(3)19(24)2)27(39)33-23-13-20(12-22(15-23)28(29,30)31)6-7-37-8-10-40-11-9-37/h4-5,12-17H,6-11H2,1-3H3,(H,33,39). The molecule has 0 aliphatic carbocycles. The molecule has 1 saturated heterocycles. The Morgan fingerprint density at radius 3 is 2.58 bits per heavy atom. The molecule has 0 spiro atoms. The van der Waals surface area contributed by atoms with E-state index < -0.39 is 17.6 Å². The second kappa shape index (κ2) is 11.2. The summed E-state index contributed by atoms with van der Waals surface area (Å²) >= 11 is 0. The number of aromatic nitrogens is 5. The highest BCUT2D eigenvalue weighted by Gasteiger charge is 2.31. The van der Waals surface area contributed by atoms with Crippen molar-refractivity contribution in [3.63, 3.8) is 0 Å². The van der Waals surface area contributed by atoms with Gasteiger partial charge in [-0.15, -0.1) is 5.10 Å². The molecule has 0 atom stereocenters. The molecule has 4 aromatic rings. The lowest BCUT2D eigenvalue weighted by molar-refractivity contribution is -0.137. The number of carbonyl (C=O) groups excluding carboxylic acids is 1. The zero-order chi connectivity index (χ0) is 28.4. The molecule has 0 radical (unpaired) electrons. The van der Waals surface area contributed by atoms with Gasteiger partial charge in [-0.1, -0.05) is 11.3 Å². The first-order valence-corrected chi connectivity index (χ1v) is 12.9. The van der Waals surface area contributed by atoms with Gasteiger partial charge in [0.25, 0.3) is 5.91 Å². The monoisotopic (exact) mass is 553 g/mol. The molecule has 9 nitrogen and oxygen atoms in total. The Labute approximate surface area is 229 Å². The first-order chi connectivity index (χ1) is 19.1. The van der Waals surface area contributed by atoms with E-state index in [0.717, 1.165) is 42.0 Å². The van der Waals surface area contributed by atoms with Crippen molar-refractivity contribution in [3.05, 3.63) is 76.7 Å². The number of rotatable bonds is 7. The molecule has 40 heavy (non-hydrogen) atoms. The Morgan fingerprint density at radius 1 is 1.10 bits per heavy atom. The molecule has 0 bridgehead atoms. The van der Waals surface area contributed by atoms with Crippen molar-refractivity contribution in [1.82, 2.24) is 29.7 Å². The Hall–Kier alpha value is -4.03. The van der Waals surface area contributed by atoms with Crippen LogP contribution >= 0.6 is 0 Å². The van der Waals surface area contributed by atoms with Crippen molar-refractivity contribution in [2.45, 2.75) is 26.4 Å². The maximum Gasteiger partial charge on any atom is 0.416 e. The van der Waals surface area contributed by atoms with Crippen LogP contribution in [-0.2, 0) is 24.4 Å². The summed E-state index contributed by atoms with van der Waals surface area (Å²) in [5, 5.41) is 15.4. The number of aryl methyl sites for hydroxylation is 2. The van der Waals surface area contributed by atoms with Crippen molar-refractivity contribution < 1.29 is 22.7 Å². The van der Waals surface area contributed by atoms with Gasteiger partial charge in [0.05, 0.1) is 36.9 Å². The zero-order valence-electron chi connectivity index (χ0n) is 22.5. The summed E-state index contributed by atoms with van der Waals surface area (Å²) in [5.74, 6) is -0.525. The van der Waals surface area contributed by atoms with E-state index in [1.165, 1.54) is 0 Å². The minimum absolute atomic E-state index is 0.0917. The number of ether oxygens (including phenoxy) is 1. The number of benzene rings is 2. The normalized spacial score (nSPS) is 14.4. The van der Waals surface area contributed by atoms with Crippen LogP contribution in [0, 0.1) is 13.8 Å². The summed E-state index contributed by atoms with van der Waals surface area (Å²) in [7, 11) is 1.84. The predicted molar refractivity (Wildman–Crippen MR) is 143 cm³/mol. The molecule has 3 heterocycles. The van der Waals surface area contributed by atoms with Crippen molar-refractivity contribution in [3.8, 4) is 16.9 Å². The molecule has 1 fully saturated rings. The highest BCUT2D eigenvalue weighted by atomic mass is 19.4. The molecule has 1 aliphatic rings. The fraction of sp³-hybridized carbons (Fsp3) is 0.357. The van der Waals surface area contributed by atoms with Gasteiger partial charge in [-0.2, -0.15) is 18.3 Å². The number of amides is 1. The van der Waals surface area contributed by atoms with Gasteiger partial charge in [0.2, 0.25) is 0 Å². The molecular formula is C28H30F3N7O2. The van der Waals surface area contributed by atoms with E-state index in [2.05, 4.69) is 25.6 Å². The third-order valence-electron chi connectivity index (χ3n) is 7.12. The van der Waals surface area contributed by atoms with Crippen LogP contribution in [0.3, 0.4) is 0 Å². The summed E-state index contributed by atoms with van der Waals surface area (Å²) in [6.45, 7) is 7.13. The van der Waals surface area contributed by atoms with E-state index in [1.54, 1.807) is 46.0 Å². The zero-order valence-corrected chi connectivity index (χ0v) is 22.5. The lowest BCUT2D eigenvalue weighted by Gasteiger charge is -2.26. The van der Waals surface area contributed by atoms with Crippen LogP contribution in [0.1, 0.15) is 32.7 Å². The predicted octanol–water partition coefficient (Wildman–Crippen LogP) is 4.43. The molecule has 5 rings (SSSR count). The quantitative estimate of drug-likeness (QED) is 0.364. The van der Waals surface area contributed by atoms with Crippen molar-refractivity contribution in [2.24, 2.45) is 7.05 Å². The Morgan fingerprint density at radius 2 is 1.88 bits per heavy atom. The highest BCUT2D eigenvalue weighted by Crippen LogP contribution is 2.32. The number of morpholine rings is 1. The minimum Gasteiger partial charge on any atom is -0.379 e. The highest BCUT2D eigenvalue weighted by molar-refractivity contribution is 6.04. The summed E-state index contributed by atoms with van der Waals surface area (Å²) in [5.41, 5.74) is 3.96. The molecule has 0 saturated carbocycles. The summed E-state index contributed by atoms with van der Waals surface area (Å²) in [6, 6.07) is 8.75. The average Bonchev–Trinajstić information content (AvgIpc) is 3.54. The van der Waals surface area contributed by atoms with Crippen molar-refractivity contribution in [2.75, 3.05) is 38.2 Å². The number of carbonyl (C=O) groups is 1. The fourth-order valence-corrected chi connectivity index (χ4v) is 4.64. The van der Waals surface area contributed by atoms with Crippen LogP contribution in [0.4, 0.5) is 18.9 Å². The van der Waals surface area contributed by atoms with Gasteiger partial charge in [0, 0.05) is 49.2 Å². The maximum absolute atomic E-state index is 13.7. The number of nitrogens with zero attached hydrogens (tertiary/aromatic N) is 6. The minimum atomic E-state index is -4.54. The van der Waals surface area contributed by atoms with Crippen LogP contribution in [-0.4, -0.2) is 68.4 Å². The Kier molecular flexibility index (Phi) is 7.72. The number of alkyl halides is 3. The van der Waals surface area contributed by atoms with Gasteiger partial charge in [-0.25, -0.2) is 4.68 Å². The summed E-state index contributed by atoms with van der Waals surface area (Å²) in [4.78, 5) is 15.3. The van der Waals surface area contributed by atoms with Gasteiger partial charge >= 0.3 is 6.18 Å². The number of halogens is 3. The van der Waals surface area contributed by atoms with Gasteiger partial charge in [-0.05, 0) is 61.7 Å². The van der Waals surface area contributed by atoms with Crippen LogP contribution in [0.2, 0.25) is 0 Å². The molecule has 1 aliphatic heterocycles. The van der Waals surface area contributed by atoms with Crippen LogP contribution in [0.25, 0.3) is 16.9 Å².